The van der Waals surface area contributed by atoms with E-state index < -0.39 is 0 Å². The van der Waals surface area contributed by atoms with Gasteiger partial charge in [0.2, 0.25) is 5.71 Å². The van der Waals surface area contributed by atoms with Crippen LogP contribution in [-0.2, 0) is 4.74 Å². The van der Waals surface area contributed by atoms with Gasteiger partial charge in [-0.2, -0.15) is 0 Å². The highest BCUT2D eigenvalue weighted by molar-refractivity contribution is 6.10. The molecule has 1 aliphatic heterocycles. The van der Waals surface area contributed by atoms with Crippen LogP contribution >= 0.6 is 0 Å². The van der Waals surface area contributed by atoms with Gasteiger partial charge in [0.1, 0.15) is 17.9 Å². The highest BCUT2D eigenvalue weighted by atomic mass is 16.5. The van der Waals surface area contributed by atoms with E-state index in [9.17, 15) is 4.79 Å². The first-order chi connectivity index (χ1) is 12.5. The Morgan fingerprint density at radius 2 is 1.96 bits per heavy atom. The maximum atomic E-state index is 13.2. The number of rotatable bonds is 5. The summed E-state index contributed by atoms with van der Waals surface area (Å²) < 4.78 is 11.2. The second kappa shape index (κ2) is 6.23. The monoisotopic (exact) mass is 358 g/mol. The number of carbonyl (C=O) groups is 1. The number of hydrogen-bond donors (Lipinski definition) is 2. The van der Waals surface area contributed by atoms with E-state index in [0.717, 1.165) is 32.1 Å². The third-order valence-corrected chi connectivity index (χ3v) is 5.82. The lowest BCUT2D eigenvalue weighted by atomic mass is 9.87. The van der Waals surface area contributed by atoms with Gasteiger partial charge in [0, 0.05) is 24.3 Å². The van der Waals surface area contributed by atoms with Crippen LogP contribution in [0.15, 0.2) is 10.7 Å². The summed E-state index contributed by atoms with van der Waals surface area (Å²) in [5.74, 6) is 1.12. The molecule has 2 N–H and O–H groups in total. The Morgan fingerprint density at radius 1 is 1.23 bits per heavy atom. The topological polar surface area (TPSA) is 89.3 Å². The van der Waals surface area contributed by atoms with Crippen LogP contribution in [0.1, 0.15) is 62.1 Å². The predicted molar refractivity (Wildman–Crippen MR) is 98.3 cm³/mol. The number of amides is 1. The average molecular weight is 358 g/mol. The Morgan fingerprint density at radius 3 is 2.62 bits per heavy atom. The number of carbonyl (C=O) groups excluding carboxylic acids is 1. The van der Waals surface area contributed by atoms with E-state index in [4.69, 9.17) is 9.15 Å². The molecule has 7 nitrogen and oxygen atoms in total. The Balaban J connectivity index is 1.70. The summed E-state index contributed by atoms with van der Waals surface area (Å²) >= 11 is 0. The van der Waals surface area contributed by atoms with Gasteiger partial charge < -0.3 is 19.8 Å². The summed E-state index contributed by atoms with van der Waals surface area (Å²) in [5.41, 5.74) is 0.807. The number of anilines is 1. The number of nitrogens with zero attached hydrogens (tertiary/aromatic N) is 2. The summed E-state index contributed by atoms with van der Waals surface area (Å²) in [5, 5.41) is 7.40. The van der Waals surface area contributed by atoms with Crippen LogP contribution in [0.3, 0.4) is 0 Å². The van der Waals surface area contributed by atoms with Crippen LogP contribution in [0.25, 0.3) is 11.1 Å². The first-order valence-electron chi connectivity index (χ1n) is 9.38. The van der Waals surface area contributed by atoms with E-state index in [-0.39, 0.29) is 17.0 Å². The SMILES string of the molecule is CCC1(NC(=O)c2c(C)oc3ncnc(NC4(C)CC4)c23)CCOCC1. The maximum Gasteiger partial charge on any atom is 0.256 e. The minimum atomic E-state index is -0.225. The van der Waals surface area contributed by atoms with E-state index in [2.05, 4.69) is 34.4 Å². The number of ether oxygens (including phenoxy) is 1. The molecule has 4 rings (SSSR count). The van der Waals surface area contributed by atoms with Crippen molar-refractivity contribution in [3.63, 3.8) is 0 Å². The average Bonchev–Trinajstić information content (AvgIpc) is 3.24. The number of furan rings is 1. The lowest BCUT2D eigenvalue weighted by molar-refractivity contribution is 0.0345. The minimum absolute atomic E-state index is 0.0472. The zero-order valence-corrected chi connectivity index (χ0v) is 15.6. The Kier molecular flexibility index (Phi) is 4.14. The van der Waals surface area contributed by atoms with Crippen LogP contribution < -0.4 is 10.6 Å². The van der Waals surface area contributed by atoms with E-state index in [1.807, 2.05) is 6.92 Å². The molecule has 140 valence electrons. The smallest absolute Gasteiger partial charge is 0.256 e. The van der Waals surface area contributed by atoms with Gasteiger partial charge in [-0.3, -0.25) is 4.79 Å². The van der Waals surface area contributed by atoms with Crippen molar-refractivity contribution in [2.75, 3.05) is 18.5 Å². The zero-order valence-electron chi connectivity index (χ0n) is 15.6. The normalized spacial score (nSPS) is 20.7. The number of aromatic nitrogens is 2. The summed E-state index contributed by atoms with van der Waals surface area (Å²) in [4.78, 5) is 21.8. The Labute approximate surface area is 152 Å². The molecule has 2 aromatic rings. The predicted octanol–water partition coefficient (Wildman–Crippen LogP) is 3.18. The van der Waals surface area contributed by atoms with Crippen molar-refractivity contribution in [1.29, 1.82) is 0 Å². The number of aryl methyl sites for hydroxylation is 1. The van der Waals surface area contributed by atoms with Gasteiger partial charge in [0.25, 0.3) is 5.91 Å². The summed E-state index contributed by atoms with van der Waals surface area (Å²) in [7, 11) is 0. The summed E-state index contributed by atoms with van der Waals surface area (Å²) in [6.07, 6.45) is 6.18. The van der Waals surface area contributed by atoms with E-state index in [1.165, 1.54) is 6.33 Å². The highest BCUT2D eigenvalue weighted by Crippen LogP contribution is 2.40. The van der Waals surface area contributed by atoms with Gasteiger partial charge in [-0.1, -0.05) is 6.92 Å². The Bertz CT molecular complexity index is 835. The molecule has 1 amide bonds. The molecule has 0 unspecified atom stereocenters. The van der Waals surface area contributed by atoms with Gasteiger partial charge >= 0.3 is 0 Å². The van der Waals surface area contributed by atoms with Crippen molar-refractivity contribution in [3.05, 3.63) is 17.7 Å². The molecule has 0 aromatic carbocycles. The van der Waals surface area contributed by atoms with Crippen molar-refractivity contribution in [1.82, 2.24) is 15.3 Å². The number of nitrogens with one attached hydrogen (secondary N) is 2. The largest absolute Gasteiger partial charge is 0.442 e. The molecular formula is C19H26N4O3. The third kappa shape index (κ3) is 3.05. The van der Waals surface area contributed by atoms with Crippen molar-refractivity contribution in [2.45, 2.75) is 64.0 Å². The molecular weight excluding hydrogens is 332 g/mol. The van der Waals surface area contributed by atoms with Crippen molar-refractivity contribution < 1.29 is 13.9 Å². The van der Waals surface area contributed by atoms with Gasteiger partial charge in [-0.05, 0) is 46.0 Å². The maximum absolute atomic E-state index is 13.2. The van der Waals surface area contributed by atoms with Gasteiger partial charge in [0.15, 0.2) is 0 Å². The molecule has 26 heavy (non-hydrogen) atoms. The molecule has 1 aliphatic carbocycles. The highest BCUT2D eigenvalue weighted by Gasteiger charge is 2.39. The van der Waals surface area contributed by atoms with Crippen molar-refractivity contribution in [2.24, 2.45) is 0 Å². The molecule has 3 heterocycles. The van der Waals surface area contributed by atoms with Crippen molar-refractivity contribution in [3.8, 4) is 0 Å². The van der Waals surface area contributed by atoms with E-state index in [0.29, 0.717) is 41.5 Å². The molecule has 0 atom stereocenters. The van der Waals surface area contributed by atoms with E-state index in [1.54, 1.807) is 0 Å². The first kappa shape index (κ1) is 17.3. The Hall–Kier alpha value is -2.15. The zero-order chi connectivity index (χ0) is 18.4. The van der Waals surface area contributed by atoms with Crippen molar-refractivity contribution >= 4 is 22.8 Å². The first-order valence-corrected chi connectivity index (χ1v) is 9.38. The fraction of sp³-hybridized carbons (Fsp3) is 0.632. The van der Waals surface area contributed by atoms with Crippen LogP contribution in [0.4, 0.5) is 5.82 Å². The molecule has 7 heteroatoms. The quantitative estimate of drug-likeness (QED) is 0.853. The van der Waals surface area contributed by atoms with Crippen LogP contribution in [0, 0.1) is 6.92 Å². The molecule has 1 saturated carbocycles. The molecule has 0 radical (unpaired) electrons. The standard InChI is InChI=1S/C19H26N4O3/c1-4-19(7-9-25-10-8-19)23-16(24)13-12(2)26-17-14(13)15(20-11-21-17)22-18(3)5-6-18/h11H,4-10H2,1-3H3,(H,23,24)(H,20,21,22). The van der Waals surface area contributed by atoms with Crippen LogP contribution in [-0.4, -0.2) is 40.2 Å². The van der Waals surface area contributed by atoms with E-state index >= 15 is 0 Å². The lowest BCUT2D eigenvalue weighted by Gasteiger charge is -2.37. The summed E-state index contributed by atoms with van der Waals surface area (Å²) in [6.45, 7) is 7.42. The number of fused-ring (bicyclic) bond motifs is 1. The molecule has 1 saturated heterocycles. The minimum Gasteiger partial charge on any atom is -0.442 e. The molecule has 2 aromatic heterocycles. The van der Waals surface area contributed by atoms with Gasteiger partial charge in [-0.25, -0.2) is 9.97 Å². The van der Waals surface area contributed by atoms with Crippen LogP contribution in [0.2, 0.25) is 0 Å². The fourth-order valence-electron chi connectivity index (χ4n) is 3.64. The third-order valence-electron chi connectivity index (χ3n) is 5.82. The number of hydrogen-bond acceptors (Lipinski definition) is 6. The lowest BCUT2D eigenvalue weighted by Crippen LogP contribution is -2.51. The summed E-state index contributed by atoms with van der Waals surface area (Å²) in [6, 6.07) is 0. The fourth-order valence-corrected chi connectivity index (χ4v) is 3.64. The van der Waals surface area contributed by atoms with Gasteiger partial charge in [-0.15, -0.1) is 0 Å². The molecule has 2 fully saturated rings. The van der Waals surface area contributed by atoms with Gasteiger partial charge in [0.05, 0.1) is 10.9 Å². The molecule has 0 spiro atoms. The second-order valence-electron chi connectivity index (χ2n) is 7.82. The molecule has 0 bridgehead atoms. The molecule has 2 aliphatic rings. The second-order valence-corrected chi connectivity index (χ2v) is 7.82. The van der Waals surface area contributed by atoms with Crippen LogP contribution in [0.5, 0.6) is 0 Å².